The number of aromatic nitrogens is 3. The van der Waals surface area contributed by atoms with Crippen molar-refractivity contribution in [3.8, 4) is 0 Å². The van der Waals surface area contributed by atoms with Crippen LogP contribution in [0.1, 0.15) is 14.6 Å². The number of nitrogens with zero attached hydrogens (tertiary/aromatic N) is 3. The van der Waals surface area contributed by atoms with Gasteiger partial charge in [0.15, 0.2) is 10.8 Å². The number of thioether (sulfide) groups is 1. The number of amides is 1. The van der Waals surface area contributed by atoms with E-state index in [1.54, 1.807) is 12.3 Å². The number of hydrogen-bond acceptors (Lipinski definition) is 6. The minimum atomic E-state index is -2.63. The van der Waals surface area contributed by atoms with Crippen LogP contribution in [0, 0.1) is 0 Å². The molecule has 0 aliphatic carbocycles. The molecule has 0 bridgehead atoms. The maximum atomic E-state index is 12.1. The van der Waals surface area contributed by atoms with E-state index in [4.69, 9.17) is 15.7 Å². The smallest absolute Gasteiger partial charge is 0.273 e. The van der Waals surface area contributed by atoms with Gasteiger partial charge in [-0.05, 0) is 18.4 Å². The minimum absolute atomic E-state index is 0.0552. The van der Waals surface area contributed by atoms with Gasteiger partial charge in [-0.15, -0.1) is 22.0 Å². The number of anilines is 2. The summed E-state index contributed by atoms with van der Waals surface area (Å²) in [6, 6.07) is 5.00. The Hall–Kier alpha value is -1.86. The summed E-state index contributed by atoms with van der Waals surface area (Å²) in [5, 5.41) is 12.1. The molecule has 1 amide bonds. The molecule has 6 nitrogen and oxygen atoms in total. The predicted molar refractivity (Wildman–Crippen MR) is 79.7 cm³/mol. The second-order valence-corrected chi connectivity index (χ2v) is 4.80. The van der Waals surface area contributed by atoms with Gasteiger partial charge in [0, 0.05) is 28.2 Å². The summed E-state index contributed by atoms with van der Waals surface area (Å²) in [4.78, 5) is 17.1. The van der Waals surface area contributed by atoms with Crippen LogP contribution in [0.5, 0.6) is 0 Å². The molecule has 2 aromatic rings. The monoisotopic (exact) mass is 312 g/mol. The number of carbonyl (C=O) groups excluding carboxylic acids is 1. The van der Waals surface area contributed by atoms with Crippen molar-refractivity contribution in [2.75, 3.05) is 18.5 Å². The van der Waals surface area contributed by atoms with Gasteiger partial charge in [0.1, 0.15) is 5.82 Å². The van der Waals surface area contributed by atoms with Crippen molar-refractivity contribution in [3.63, 3.8) is 0 Å². The normalized spacial score (nSPS) is 13.0. The summed E-state index contributed by atoms with van der Waals surface area (Å²) in [7, 11) is 0. The Morgan fingerprint density at radius 2 is 2.35 bits per heavy atom. The van der Waals surface area contributed by atoms with Crippen LogP contribution in [0.15, 0.2) is 29.3 Å². The molecule has 2 N–H and O–H groups in total. The van der Waals surface area contributed by atoms with E-state index in [-0.39, 0.29) is 16.5 Å². The summed E-state index contributed by atoms with van der Waals surface area (Å²) >= 11 is 7.27. The van der Waals surface area contributed by atoms with Gasteiger partial charge in [-0.1, -0.05) is 11.6 Å². The molecule has 2 heterocycles. The largest absolute Gasteiger partial charge is 0.354 e. The first-order valence-electron chi connectivity index (χ1n) is 6.92. The molecule has 0 saturated heterocycles. The predicted octanol–water partition coefficient (Wildman–Crippen LogP) is 2.35. The number of carbonyl (C=O) groups is 1. The number of pyridine rings is 1. The molecule has 0 aliphatic heterocycles. The number of rotatable bonds is 4. The summed E-state index contributed by atoms with van der Waals surface area (Å²) in [6.07, 6.45) is 3.46. The second-order valence-electron chi connectivity index (χ2n) is 3.56. The average Bonchev–Trinajstić information content (AvgIpc) is 2.46. The van der Waals surface area contributed by atoms with Gasteiger partial charge in [0.25, 0.3) is 5.91 Å². The van der Waals surface area contributed by atoms with Crippen LogP contribution < -0.4 is 10.6 Å². The van der Waals surface area contributed by atoms with Crippen molar-refractivity contribution >= 4 is 40.8 Å². The van der Waals surface area contributed by atoms with Crippen LogP contribution in [-0.4, -0.2) is 34.3 Å². The molecule has 0 atom stereocenters. The van der Waals surface area contributed by atoms with Crippen molar-refractivity contribution in [1.29, 1.82) is 0 Å². The average molecular weight is 313 g/mol. The van der Waals surface area contributed by atoms with Gasteiger partial charge >= 0.3 is 0 Å². The summed E-state index contributed by atoms with van der Waals surface area (Å²) < 4.78 is 21.3. The zero-order valence-corrected chi connectivity index (χ0v) is 11.9. The van der Waals surface area contributed by atoms with Gasteiger partial charge in [-0.2, -0.15) is 0 Å². The lowest BCUT2D eigenvalue weighted by atomic mass is 10.3. The SMILES string of the molecule is [2H]C([2H])([2H])NC(=O)c1nnc(Cl)cc1Nc1ncccc1SC. The molecule has 8 heteroatoms. The third-order valence-electron chi connectivity index (χ3n) is 2.34. The summed E-state index contributed by atoms with van der Waals surface area (Å²) in [5.41, 5.74) is 0.0176. The van der Waals surface area contributed by atoms with Crippen molar-refractivity contribution < 1.29 is 8.91 Å². The fraction of sp³-hybridized carbons (Fsp3) is 0.167. The molecule has 0 spiro atoms. The quantitative estimate of drug-likeness (QED) is 0.844. The second kappa shape index (κ2) is 6.53. The first-order chi connectivity index (χ1) is 10.8. The summed E-state index contributed by atoms with van der Waals surface area (Å²) in [6.45, 7) is -2.63. The van der Waals surface area contributed by atoms with Crippen molar-refractivity contribution in [2.24, 2.45) is 0 Å². The Bertz CT molecular complexity index is 728. The fourth-order valence-electron chi connectivity index (χ4n) is 1.47. The molecule has 0 radical (unpaired) electrons. The Kier molecular flexibility index (Phi) is 3.55. The maximum Gasteiger partial charge on any atom is 0.273 e. The number of nitrogens with one attached hydrogen (secondary N) is 2. The van der Waals surface area contributed by atoms with Crippen LogP contribution in [0.25, 0.3) is 0 Å². The standard InChI is InChI=1S/C12H12ClN5OS/c1-14-12(19)10-7(6-9(13)17-18-10)16-11-8(20-2)4-3-5-15-11/h3-6H,1-2H3,(H,14,19)(H,15,16,17)/i1D3. The third-order valence-corrected chi connectivity index (χ3v) is 3.29. The Morgan fingerprint density at radius 3 is 3.10 bits per heavy atom. The Morgan fingerprint density at radius 1 is 1.50 bits per heavy atom. The van der Waals surface area contributed by atoms with Gasteiger partial charge < -0.3 is 10.6 Å². The van der Waals surface area contributed by atoms with Crippen molar-refractivity contribution in [3.05, 3.63) is 35.2 Å². The molecule has 0 aliphatic rings. The lowest BCUT2D eigenvalue weighted by Gasteiger charge is -2.11. The van der Waals surface area contributed by atoms with E-state index in [2.05, 4.69) is 20.5 Å². The van der Waals surface area contributed by atoms with E-state index < -0.39 is 12.9 Å². The van der Waals surface area contributed by atoms with Crippen LogP contribution in [0.2, 0.25) is 5.15 Å². The molecule has 0 saturated carbocycles. The molecule has 0 unspecified atom stereocenters. The van der Waals surface area contributed by atoms with Gasteiger partial charge in [-0.25, -0.2) is 4.98 Å². The zero-order chi connectivity index (χ0) is 17.0. The highest BCUT2D eigenvalue weighted by Crippen LogP contribution is 2.27. The molecule has 0 aromatic carbocycles. The molecular formula is C12H12ClN5OS. The molecule has 2 rings (SSSR count). The molecule has 20 heavy (non-hydrogen) atoms. The lowest BCUT2D eigenvalue weighted by Crippen LogP contribution is -2.21. The van der Waals surface area contributed by atoms with E-state index >= 15 is 0 Å². The van der Waals surface area contributed by atoms with Crippen LogP contribution in [-0.2, 0) is 0 Å². The maximum absolute atomic E-state index is 12.1. The first-order valence-corrected chi connectivity index (χ1v) is 7.02. The highest BCUT2D eigenvalue weighted by molar-refractivity contribution is 7.98. The highest BCUT2D eigenvalue weighted by Gasteiger charge is 2.15. The van der Waals surface area contributed by atoms with Crippen LogP contribution in [0.3, 0.4) is 0 Å². The van der Waals surface area contributed by atoms with Crippen molar-refractivity contribution in [2.45, 2.75) is 4.90 Å². The molecular weight excluding hydrogens is 298 g/mol. The number of halogens is 1. The lowest BCUT2D eigenvalue weighted by molar-refractivity contribution is 0.0958. The van der Waals surface area contributed by atoms with E-state index in [1.807, 2.05) is 17.6 Å². The van der Waals surface area contributed by atoms with Crippen molar-refractivity contribution in [1.82, 2.24) is 20.5 Å². The van der Waals surface area contributed by atoms with E-state index in [9.17, 15) is 4.79 Å². The molecule has 104 valence electrons. The van der Waals surface area contributed by atoms with Crippen LogP contribution >= 0.6 is 23.4 Å². The highest BCUT2D eigenvalue weighted by atomic mass is 35.5. The molecule has 0 fully saturated rings. The minimum Gasteiger partial charge on any atom is -0.354 e. The van der Waals surface area contributed by atoms with E-state index in [1.165, 1.54) is 17.8 Å². The van der Waals surface area contributed by atoms with Crippen LogP contribution in [0.4, 0.5) is 11.5 Å². The molecule has 2 aromatic heterocycles. The summed E-state index contributed by atoms with van der Waals surface area (Å²) in [5.74, 6) is -0.398. The van der Waals surface area contributed by atoms with Gasteiger partial charge in [-0.3, -0.25) is 4.79 Å². The zero-order valence-electron chi connectivity index (χ0n) is 13.3. The van der Waals surface area contributed by atoms with Gasteiger partial charge in [0.05, 0.1) is 5.69 Å². The first kappa shape index (κ1) is 10.9. The topological polar surface area (TPSA) is 79.8 Å². The van der Waals surface area contributed by atoms with Gasteiger partial charge in [0.2, 0.25) is 0 Å². The Balaban J connectivity index is 2.38. The van der Waals surface area contributed by atoms with E-state index in [0.29, 0.717) is 5.82 Å². The Labute approximate surface area is 129 Å². The fourth-order valence-corrected chi connectivity index (χ4v) is 2.13. The third kappa shape index (κ3) is 3.17. The number of hydrogen-bond donors (Lipinski definition) is 2. The van der Waals surface area contributed by atoms with E-state index in [0.717, 1.165) is 4.90 Å².